The molecule has 1 amide bonds. The van der Waals surface area contributed by atoms with Crippen molar-refractivity contribution in [3.63, 3.8) is 0 Å². The van der Waals surface area contributed by atoms with Crippen LogP contribution in [0.3, 0.4) is 0 Å². The third-order valence-electron chi connectivity index (χ3n) is 6.31. The molecule has 0 spiro atoms. The second-order valence-corrected chi connectivity index (χ2v) is 11.1. The van der Waals surface area contributed by atoms with E-state index in [0.29, 0.717) is 23.2 Å². The van der Waals surface area contributed by atoms with Gasteiger partial charge >= 0.3 is 0 Å². The highest BCUT2D eigenvalue weighted by atomic mass is 79.9. The van der Waals surface area contributed by atoms with Crippen LogP contribution < -0.4 is 14.8 Å². The number of carbonyl (C=O) groups is 1. The predicted octanol–water partition coefficient (Wildman–Crippen LogP) is 4.48. The first kappa shape index (κ1) is 24.9. The van der Waals surface area contributed by atoms with Crippen LogP contribution in [0.5, 0.6) is 5.75 Å². The summed E-state index contributed by atoms with van der Waals surface area (Å²) in [6.07, 6.45) is 8.43. The number of sulfonamides is 1. The number of amides is 1. The third kappa shape index (κ3) is 6.42. The van der Waals surface area contributed by atoms with E-state index in [1.165, 1.54) is 25.3 Å². The number of hydrogen-bond acceptors (Lipinski definition) is 4. The van der Waals surface area contributed by atoms with Crippen molar-refractivity contribution in [3.8, 4) is 5.75 Å². The molecule has 0 saturated heterocycles. The van der Waals surface area contributed by atoms with Gasteiger partial charge in [-0.15, -0.1) is 0 Å². The van der Waals surface area contributed by atoms with Gasteiger partial charge in [0.1, 0.15) is 11.6 Å². The van der Waals surface area contributed by atoms with Crippen LogP contribution in [0.1, 0.15) is 39.0 Å². The Morgan fingerprint density at radius 3 is 2.59 bits per heavy atom. The summed E-state index contributed by atoms with van der Waals surface area (Å²) in [5.41, 5.74) is 0. The average Bonchev–Trinajstić information content (AvgIpc) is 2.78. The van der Waals surface area contributed by atoms with Gasteiger partial charge in [-0.2, -0.15) is 0 Å². The second kappa shape index (κ2) is 10.9. The van der Waals surface area contributed by atoms with Crippen LogP contribution in [0.15, 0.2) is 51.6 Å². The molecule has 32 heavy (non-hydrogen) atoms. The van der Waals surface area contributed by atoms with E-state index in [2.05, 4.69) is 26.0 Å². The highest BCUT2D eigenvalue weighted by Crippen LogP contribution is 2.30. The molecule has 0 heterocycles. The fourth-order valence-corrected chi connectivity index (χ4v) is 6.02. The van der Waals surface area contributed by atoms with E-state index in [4.69, 9.17) is 4.74 Å². The van der Waals surface area contributed by atoms with Gasteiger partial charge in [-0.3, -0.25) is 4.79 Å². The number of carbonyl (C=O) groups excluding carboxylic acids is 1. The quantitative estimate of drug-likeness (QED) is 0.521. The molecule has 2 atom stereocenters. The lowest BCUT2D eigenvalue weighted by Gasteiger charge is -2.30. The summed E-state index contributed by atoms with van der Waals surface area (Å²) < 4.78 is 46.8. The molecule has 0 aromatic heterocycles. The van der Waals surface area contributed by atoms with Crippen LogP contribution in [0.25, 0.3) is 0 Å². The van der Waals surface area contributed by atoms with E-state index in [1.807, 2.05) is 13.0 Å². The zero-order valence-electron chi connectivity index (χ0n) is 18.3. The van der Waals surface area contributed by atoms with Crippen LogP contribution in [-0.4, -0.2) is 34.0 Å². The molecule has 9 heteroatoms. The lowest BCUT2D eigenvalue weighted by Crippen LogP contribution is -2.42. The monoisotopic (exact) mass is 528 g/mol. The molecule has 0 radical (unpaired) electrons. The van der Waals surface area contributed by atoms with Crippen LogP contribution in [-0.2, 0) is 14.8 Å². The number of halogens is 2. The van der Waals surface area contributed by atoms with Gasteiger partial charge in [0, 0.05) is 24.4 Å². The van der Waals surface area contributed by atoms with Gasteiger partial charge in [0.05, 0.1) is 16.5 Å². The maximum absolute atomic E-state index is 13.1. The van der Waals surface area contributed by atoms with E-state index in [9.17, 15) is 17.6 Å². The van der Waals surface area contributed by atoms with Crippen molar-refractivity contribution in [2.45, 2.75) is 50.0 Å². The minimum absolute atomic E-state index is 0.0306. The molecular weight excluding hydrogens is 499 g/mol. The van der Waals surface area contributed by atoms with Crippen LogP contribution >= 0.6 is 15.9 Å². The molecule has 1 fully saturated rings. The molecule has 1 aromatic rings. The van der Waals surface area contributed by atoms with Gasteiger partial charge in [-0.25, -0.2) is 17.5 Å². The molecular formula is C23H30BrFN2O4S. The first-order valence-electron chi connectivity index (χ1n) is 10.9. The number of nitrogens with one attached hydrogen (secondary N) is 2. The van der Waals surface area contributed by atoms with E-state index >= 15 is 0 Å². The molecule has 3 rings (SSSR count). The van der Waals surface area contributed by atoms with Gasteiger partial charge in [0.2, 0.25) is 15.9 Å². The fourth-order valence-electron chi connectivity index (χ4n) is 4.18. The summed E-state index contributed by atoms with van der Waals surface area (Å²) >= 11 is 3.31. The van der Waals surface area contributed by atoms with Gasteiger partial charge < -0.3 is 10.1 Å². The summed E-state index contributed by atoms with van der Waals surface area (Å²) in [7, 11) is -2.10. The van der Waals surface area contributed by atoms with Crippen molar-refractivity contribution in [3.05, 3.63) is 46.7 Å². The fraction of sp³-hybridized carbons (Fsp3) is 0.522. The number of benzene rings is 1. The van der Waals surface area contributed by atoms with Gasteiger partial charge in [0.25, 0.3) is 0 Å². The number of ether oxygens (including phenoxy) is 1. The second-order valence-electron chi connectivity index (χ2n) is 8.51. The Labute approximate surface area is 197 Å². The minimum Gasteiger partial charge on any atom is -0.496 e. The highest BCUT2D eigenvalue weighted by Gasteiger charge is 2.29. The van der Waals surface area contributed by atoms with Crippen molar-refractivity contribution in [1.29, 1.82) is 0 Å². The van der Waals surface area contributed by atoms with Crippen molar-refractivity contribution in [2.75, 3.05) is 13.7 Å². The van der Waals surface area contributed by atoms with Crippen molar-refractivity contribution < 1.29 is 22.3 Å². The molecule has 0 bridgehead atoms. The van der Waals surface area contributed by atoms with Crippen molar-refractivity contribution in [2.24, 2.45) is 17.8 Å². The Balaban J connectivity index is 1.45. The number of rotatable bonds is 8. The summed E-state index contributed by atoms with van der Waals surface area (Å²) in [5.74, 6) is 0.599. The standard InChI is InChI=1S/C23H30BrFN2O4S/c1-15(17-7-9-19(25)10-8-17)27-23(28)18-5-3-16(4-6-18)14-26-32(29,30)20-11-12-22(31-2)21(24)13-20/h7,9-13,15-18,26H,3-6,8,14H2,1-2H3,(H,27,28)/t15-,16?,17?,18?/m1/s1. The zero-order chi connectivity index (χ0) is 23.3. The van der Waals surface area contributed by atoms with Gasteiger partial charge in [-0.05, 0) is 91.2 Å². The molecule has 176 valence electrons. The molecule has 2 aliphatic rings. The Morgan fingerprint density at radius 2 is 2.00 bits per heavy atom. The van der Waals surface area contributed by atoms with E-state index < -0.39 is 10.0 Å². The number of hydrogen-bond donors (Lipinski definition) is 2. The van der Waals surface area contributed by atoms with Crippen molar-refractivity contribution in [1.82, 2.24) is 10.0 Å². The smallest absolute Gasteiger partial charge is 0.240 e. The SMILES string of the molecule is COc1ccc(S(=O)(=O)NCC2CCC(C(=O)N[C@H](C)C3C=CC(F)=CC3)CC2)cc1Br. The molecule has 2 N–H and O–H groups in total. The zero-order valence-corrected chi connectivity index (χ0v) is 20.7. The first-order valence-corrected chi connectivity index (χ1v) is 13.1. The average molecular weight is 529 g/mol. The predicted molar refractivity (Wildman–Crippen MR) is 125 cm³/mol. The lowest BCUT2D eigenvalue weighted by molar-refractivity contribution is -0.127. The first-order chi connectivity index (χ1) is 15.2. The Hall–Kier alpha value is -1.71. The Kier molecular flexibility index (Phi) is 8.52. The molecule has 1 unspecified atom stereocenters. The maximum Gasteiger partial charge on any atom is 0.240 e. The topological polar surface area (TPSA) is 84.5 Å². The van der Waals surface area contributed by atoms with E-state index in [1.54, 1.807) is 12.1 Å². The van der Waals surface area contributed by atoms with Gasteiger partial charge in [0.15, 0.2) is 0 Å². The molecule has 2 aliphatic carbocycles. The maximum atomic E-state index is 13.1. The van der Waals surface area contributed by atoms with Crippen LogP contribution in [0.2, 0.25) is 0 Å². The van der Waals surface area contributed by atoms with E-state index in [0.717, 1.165) is 25.7 Å². The summed E-state index contributed by atoms with van der Waals surface area (Å²) in [5, 5.41) is 3.07. The normalized spacial score (nSPS) is 24.5. The molecule has 1 saturated carbocycles. The van der Waals surface area contributed by atoms with Gasteiger partial charge in [-0.1, -0.05) is 6.08 Å². The third-order valence-corrected chi connectivity index (χ3v) is 8.35. The lowest BCUT2D eigenvalue weighted by atomic mass is 9.81. The number of methoxy groups -OCH3 is 1. The Bertz CT molecular complexity index is 988. The Morgan fingerprint density at radius 1 is 1.28 bits per heavy atom. The number of allylic oxidation sites excluding steroid dienone is 3. The molecule has 1 aromatic carbocycles. The van der Waals surface area contributed by atoms with Crippen LogP contribution in [0.4, 0.5) is 4.39 Å². The minimum atomic E-state index is -3.62. The summed E-state index contributed by atoms with van der Waals surface area (Å²) in [4.78, 5) is 12.8. The van der Waals surface area contributed by atoms with Crippen molar-refractivity contribution >= 4 is 31.9 Å². The summed E-state index contributed by atoms with van der Waals surface area (Å²) in [6, 6.07) is 4.59. The van der Waals surface area contributed by atoms with Crippen LogP contribution in [0, 0.1) is 17.8 Å². The molecule has 0 aliphatic heterocycles. The highest BCUT2D eigenvalue weighted by molar-refractivity contribution is 9.10. The van der Waals surface area contributed by atoms with E-state index in [-0.39, 0.29) is 40.4 Å². The summed E-state index contributed by atoms with van der Waals surface area (Å²) in [6.45, 7) is 2.30. The largest absolute Gasteiger partial charge is 0.496 e. The molecule has 6 nitrogen and oxygen atoms in total.